The zero-order valence-electron chi connectivity index (χ0n) is 13.5. The van der Waals surface area contributed by atoms with Gasteiger partial charge in [-0.3, -0.25) is 4.98 Å². The number of aromatic hydroxyl groups is 1. The molecular formula is C19H26N2O. The molecule has 1 saturated heterocycles. The Labute approximate surface area is 132 Å². The lowest BCUT2D eigenvalue weighted by atomic mass is 9.74. The third kappa shape index (κ3) is 3.09. The van der Waals surface area contributed by atoms with Crippen LogP contribution in [-0.4, -0.2) is 23.2 Å². The summed E-state index contributed by atoms with van der Waals surface area (Å²) in [5.74, 6) is 2.54. The number of fused-ring (bicyclic) bond motifs is 1. The van der Waals surface area contributed by atoms with Crippen molar-refractivity contribution in [2.75, 3.05) is 13.1 Å². The van der Waals surface area contributed by atoms with Crippen molar-refractivity contribution in [2.24, 2.45) is 17.8 Å². The molecule has 1 fully saturated rings. The third-order valence-electron chi connectivity index (χ3n) is 5.28. The van der Waals surface area contributed by atoms with Gasteiger partial charge in [-0.25, -0.2) is 0 Å². The highest BCUT2D eigenvalue weighted by Crippen LogP contribution is 2.33. The predicted octanol–water partition coefficient (Wildman–Crippen LogP) is 3.75. The van der Waals surface area contributed by atoms with Crippen molar-refractivity contribution in [3.05, 3.63) is 36.0 Å². The first-order valence-electron chi connectivity index (χ1n) is 8.46. The molecule has 0 bridgehead atoms. The normalized spacial score (nSPS) is 23.5. The minimum atomic E-state index is 0.322. The van der Waals surface area contributed by atoms with Crippen LogP contribution in [0, 0.1) is 17.8 Å². The molecule has 3 unspecified atom stereocenters. The number of aromatic nitrogens is 1. The summed E-state index contributed by atoms with van der Waals surface area (Å²) in [5, 5.41) is 14.4. The maximum atomic E-state index is 9.78. The highest BCUT2D eigenvalue weighted by Gasteiger charge is 2.28. The van der Waals surface area contributed by atoms with E-state index in [0.717, 1.165) is 42.2 Å². The molecule has 1 aromatic carbocycles. The number of hydrogen-bond donors (Lipinski definition) is 2. The molecule has 0 amide bonds. The van der Waals surface area contributed by atoms with Crippen molar-refractivity contribution in [3.63, 3.8) is 0 Å². The Kier molecular flexibility index (Phi) is 4.63. The van der Waals surface area contributed by atoms with Crippen LogP contribution in [0.1, 0.15) is 32.3 Å². The van der Waals surface area contributed by atoms with Crippen molar-refractivity contribution < 1.29 is 5.11 Å². The molecule has 2 heterocycles. The lowest BCUT2D eigenvalue weighted by Gasteiger charge is -2.36. The van der Waals surface area contributed by atoms with Gasteiger partial charge in [0.2, 0.25) is 0 Å². The van der Waals surface area contributed by atoms with E-state index in [1.54, 1.807) is 6.07 Å². The van der Waals surface area contributed by atoms with Gasteiger partial charge in [-0.1, -0.05) is 20.3 Å². The molecule has 0 radical (unpaired) electrons. The summed E-state index contributed by atoms with van der Waals surface area (Å²) in [4.78, 5) is 4.41. The third-order valence-corrected chi connectivity index (χ3v) is 5.28. The van der Waals surface area contributed by atoms with Gasteiger partial charge < -0.3 is 10.4 Å². The van der Waals surface area contributed by atoms with Crippen molar-refractivity contribution in [3.8, 4) is 5.75 Å². The predicted molar refractivity (Wildman–Crippen MR) is 91.0 cm³/mol. The summed E-state index contributed by atoms with van der Waals surface area (Å²) >= 11 is 0. The summed E-state index contributed by atoms with van der Waals surface area (Å²) in [6, 6.07) is 7.57. The number of nitrogens with one attached hydrogen (secondary N) is 1. The Morgan fingerprint density at radius 2 is 2.23 bits per heavy atom. The van der Waals surface area contributed by atoms with Gasteiger partial charge in [-0.2, -0.15) is 0 Å². The second-order valence-electron chi connectivity index (χ2n) is 6.68. The first kappa shape index (κ1) is 15.3. The SMILES string of the molecule is CCC1CNCCC1C(C)Cc1ccnc2ccc(O)cc12. The number of hydrogen-bond acceptors (Lipinski definition) is 3. The molecule has 0 aliphatic carbocycles. The van der Waals surface area contributed by atoms with E-state index in [2.05, 4.69) is 30.2 Å². The molecule has 3 rings (SSSR count). The summed E-state index contributed by atoms with van der Waals surface area (Å²) in [6.07, 6.45) is 5.47. The zero-order chi connectivity index (χ0) is 15.5. The highest BCUT2D eigenvalue weighted by molar-refractivity contribution is 5.83. The number of phenols is 1. The van der Waals surface area contributed by atoms with Gasteiger partial charge in [0, 0.05) is 11.6 Å². The molecule has 1 aromatic heterocycles. The van der Waals surface area contributed by atoms with Gasteiger partial charge in [0.15, 0.2) is 0 Å². The van der Waals surface area contributed by atoms with Crippen LogP contribution in [0.4, 0.5) is 0 Å². The van der Waals surface area contributed by atoms with E-state index in [1.807, 2.05) is 18.3 Å². The van der Waals surface area contributed by atoms with Crippen LogP contribution in [0.3, 0.4) is 0 Å². The maximum Gasteiger partial charge on any atom is 0.116 e. The summed E-state index contributed by atoms with van der Waals surface area (Å²) in [6.45, 7) is 6.98. The molecule has 2 aromatic rings. The van der Waals surface area contributed by atoms with Gasteiger partial charge in [0.25, 0.3) is 0 Å². The van der Waals surface area contributed by atoms with E-state index in [-0.39, 0.29) is 0 Å². The second kappa shape index (κ2) is 6.66. The largest absolute Gasteiger partial charge is 0.508 e. The molecule has 1 aliphatic heterocycles. The summed E-state index contributed by atoms with van der Waals surface area (Å²) < 4.78 is 0. The number of rotatable bonds is 4. The molecule has 3 nitrogen and oxygen atoms in total. The van der Waals surface area contributed by atoms with Crippen LogP contribution in [-0.2, 0) is 6.42 Å². The Morgan fingerprint density at radius 3 is 3.05 bits per heavy atom. The number of benzene rings is 1. The van der Waals surface area contributed by atoms with Crippen molar-refractivity contribution in [1.82, 2.24) is 10.3 Å². The van der Waals surface area contributed by atoms with Gasteiger partial charge in [0.1, 0.15) is 5.75 Å². The Hall–Kier alpha value is -1.61. The molecule has 22 heavy (non-hydrogen) atoms. The average Bonchev–Trinajstić information content (AvgIpc) is 2.55. The number of nitrogens with zero attached hydrogens (tertiary/aromatic N) is 1. The van der Waals surface area contributed by atoms with Gasteiger partial charge in [-0.15, -0.1) is 0 Å². The highest BCUT2D eigenvalue weighted by atomic mass is 16.3. The first-order valence-corrected chi connectivity index (χ1v) is 8.46. The Balaban J connectivity index is 1.84. The summed E-state index contributed by atoms with van der Waals surface area (Å²) in [7, 11) is 0. The fourth-order valence-corrected chi connectivity index (χ4v) is 4.01. The topological polar surface area (TPSA) is 45.2 Å². The van der Waals surface area contributed by atoms with E-state index in [1.165, 1.54) is 18.4 Å². The van der Waals surface area contributed by atoms with Gasteiger partial charge in [0.05, 0.1) is 5.52 Å². The van der Waals surface area contributed by atoms with E-state index in [4.69, 9.17) is 0 Å². The minimum Gasteiger partial charge on any atom is -0.508 e. The molecule has 3 heteroatoms. The fraction of sp³-hybridized carbons (Fsp3) is 0.526. The Morgan fingerprint density at radius 1 is 1.36 bits per heavy atom. The lowest BCUT2D eigenvalue weighted by Crippen LogP contribution is -2.39. The van der Waals surface area contributed by atoms with Crippen LogP contribution in [0.5, 0.6) is 5.75 Å². The van der Waals surface area contributed by atoms with Crippen LogP contribution < -0.4 is 5.32 Å². The molecule has 0 spiro atoms. The Bertz CT molecular complexity index is 640. The van der Waals surface area contributed by atoms with Crippen LogP contribution in [0.15, 0.2) is 30.5 Å². The van der Waals surface area contributed by atoms with Crippen molar-refractivity contribution in [1.29, 1.82) is 0 Å². The molecular weight excluding hydrogens is 272 g/mol. The van der Waals surface area contributed by atoms with E-state index >= 15 is 0 Å². The molecule has 118 valence electrons. The monoisotopic (exact) mass is 298 g/mol. The zero-order valence-corrected chi connectivity index (χ0v) is 13.5. The lowest BCUT2D eigenvalue weighted by molar-refractivity contribution is 0.179. The second-order valence-corrected chi connectivity index (χ2v) is 6.68. The van der Waals surface area contributed by atoms with E-state index in [9.17, 15) is 5.11 Å². The number of pyridine rings is 1. The van der Waals surface area contributed by atoms with Gasteiger partial charge >= 0.3 is 0 Å². The molecule has 2 N–H and O–H groups in total. The quantitative estimate of drug-likeness (QED) is 0.903. The molecule has 3 atom stereocenters. The number of phenolic OH excluding ortho intramolecular Hbond substituents is 1. The minimum absolute atomic E-state index is 0.322. The fourth-order valence-electron chi connectivity index (χ4n) is 4.01. The molecule has 0 saturated carbocycles. The van der Waals surface area contributed by atoms with E-state index < -0.39 is 0 Å². The standard InChI is InChI=1S/C19H26N2O/c1-3-14-12-20-8-7-17(14)13(2)10-15-6-9-21-19-5-4-16(22)11-18(15)19/h4-6,9,11,13-14,17,20,22H,3,7-8,10,12H2,1-2H3. The van der Waals surface area contributed by atoms with E-state index in [0.29, 0.717) is 11.7 Å². The van der Waals surface area contributed by atoms with Crippen molar-refractivity contribution >= 4 is 10.9 Å². The van der Waals surface area contributed by atoms with Gasteiger partial charge in [-0.05, 0) is 73.5 Å². The molecule has 1 aliphatic rings. The first-order chi connectivity index (χ1) is 10.7. The van der Waals surface area contributed by atoms with Crippen LogP contribution in [0.25, 0.3) is 10.9 Å². The maximum absolute atomic E-state index is 9.78. The smallest absolute Gasteiger partial charge is 0.116 e. The average molecular weight is 298 g/mol. The van der Waals surface area contributed by atoms with Crippen molar-refractivity contribution in [2.45, 2.75) is 33.1 Å². The number of piperidine rings is 1. The summed E-state index contributed by atoms with van der Waals surface area (Å²) in [5.41, 5.74) is 2.28. The van der Waals surface area contributed by atoms with Crippen LogP contribution in [0.2, 0.25) is 0 Å². The van der Waals surface area contributed by atoms with Crippen LogP contribution >= 0.6 is 0 Å².